The third kappa shape index (κ3) is 45.9. The average molecular weight is 836 g/mol. The van der Waals surface area contributed by atoms with Gasteiger partial charge in [0.05, 0.1) is 26.2 Å². The van der Waals surface area contributed by atoms with E-state index in [-0.39, 0.29) is 0 Å². The van der Waals surface area contributed by atoms with Crippen molar-refractivity contribution in [2.75, 3.05) is 32.8 Å². The second kappa shape index (κ2) is 51.7. The molecule has 0 spiro atoms. The van der Waals surface area contributed by atoms with Crippen LogP contribution in [-0.4, -0.2) is 42.4 Å². The Hall–Kier alpha value is -1.64. The van der Waals surface area contributed by atoms with Crippen molar-refractivity contribution in [3.8, 4) is 0 Å². The van der Waals surface area contributed by atoms with Gasteiger partial charge in [0.25, 0.3) is 0 Å². The van der Waals surface area contributed by atoms with Crippen molar-refractivity contribution in [2.24, 2.45) is 0 Å². The molecule has 350 valence electrons. The van der Waals surface area contributed by atoms with Crippen LogP contribution in [0.3, 0.4) is 0 Å². The molecule has 0 heterocycles. The topological polar surface area (TPSA) is 20.2 Å². The molecule has 0 bridgehead atoms. The fourth-order valence-electron chi connectivity index (χ4n) is 8.54. The summed E-state index contributed by atoms with van der Waals surface area (Å²) >= 11 is 0. The Kier molecular flexibility index (Phi) is 50.3. The van der Waals surface area contributed by atoms with Gasteiger partial charge >= 0.3 is 0 Å². The number of rotatable bonds is 49. The van der Waals surface area contributed by atoms with Gasteiger partial charge in [-0.3, -0.25) is 0 Å². The lowest BCUT2D eigenvalue weighted by atomic mass is 10.0. The maximum absolute atomic E-state index is 9.71. The first-order valence-electron chi connectivity index (χ1n) is 27.1. The van der Waals surface area contributed by atoms with E-state index in [0.29, 0.717) is 6.61 Å². The summed E-state index contributed by atoms with van der Waals surface area (Å²) in [6.07, 6.45) is 78.4. The maximum Gasteiger partial charge on any atom is 0.0787 e. The molecule has 0 aromatic heterocycles. The number of aliphatic hydroxyl groups excluding tert-OH is 1. The van der Waals surface area contributed by atoms with Crippen molar-refractivity contribution >= 4 is 0 Å². The minimum atomic E-state index is 0.348. The first-order chi connectivity index (χ1) is 29.7. The lowest BCUT2D eigenvalue weighted by Crippen LogP contribution is -2.50. The van der Waals surface area contributed by atoms with Crippen LogP contribution in [0.15, 0.2) is 72.9 Å². The first kappa shape index (κ1) is 58.4. The zero-order valence-electron chi connectivity index (χ0n) is 41.2. The van der Waals surface area contributed by atoms with Crippen LogP contribution in [0.2, 0.25) is 0 Å². The Labute approximate surface area is 378 Å². The minimum Gasteiger partial charge on any atom is -0.396 e. The Bertz CT molecular complexity index is 868. The summed E-state index contributed by atoms with van der Waals surface area (Å²) in [4.78, 5) is 0. The van der Waals surface area contributed by atoms with Gasteiger partial charge in [-0.15, -0.1) is 0 Å². The van der Waals surface area contributed by atoms with E-state index in [4.69, 9.17) is 0 Å². The van der Waals surface area contributed by atoms with Crippen molar-refractivity contribution in [3.63, 3.8) is 0 Å². The third-order valence-corrected chi connectivity index (χ3v) is 12.5. The van der Waals surface area contributed by atoms with Crippen LogP contribution in [0.25, 0.3) is 0 Å². The number of allylic oxidation sites excluding steroid dienone is 12. The highest BCUT2D eigenvalue weighted by Crippen LogP contribution is 2.21. The van der Waals surface area contributed by atoms with E-state index < -0.39 is 0 Å². The molecule has 60 heavy (non-hydrogen) atoms. The molecule has 0 saturated heterocycles. The van der Waals surface area contributed by atoms with E-state index in [2.05, 4.69) is 93.7 Å². The Balaban J connectivity index is 4.68. The van der Waals surface area contributed by atoms with Crippen LogP contribution >= 0.6 is 0 Å². The maximum atomic E-state index is 9.71. The van der Waals surface area contributed by atoms with Crippen molar-refractivity contribution in [1.29, 1.82) is 0 Å². The molecular weight excluding hydrogens is 727 g/mol. The highest BCUT2D eigenvalue weighted by atomic mass is 16.2. The number of unbranched alkanes of at least 4 members (excludes halogenated alkanes) is 28. The summed E-state index contributed by atoms with van der Waals surface area (Å²) in [6.45, 7) is 12.5. The predicted molar refractivity (Wildman–Crippen MR) is 274 cm³/mol. The molecule has 0 amide bonds. The number of hydrogen-bond donors (Lipinski definition) is 1. The molecule has 0 atom stereocenters. The molecular formula is C58H108NO+. The van der Waals surface area contributed by atoms with Gasteiger partial charge in [0, 0.05) is 6.61 Å². The Morgan fingerprint density at radius 3 is 0.717 bits per heavy atom. The summed E-state index contributed by atoms with van der Waals surface area (Å²) in [5.74, 6) is 0. The highest BCUT2D eigenvalue weighted by Gasteiger charge is 2.25. The van der Waals surface area contributed by atoms with Crippen LogP contribution in [0.4, 0.5) is 0 Å². The second-order valence-corrected chi connectivity index (χ2v) is 18.4. The smallest absolute Gasteiger partial charge is 0.0787 e. The van der Waals surface area contributed by atoms with E-state index in [1.165, 1.54) is 249 Å². The standard InChI is InChI=1S/C58H108NO/c1-4-7-10-13-16-19-22-25-28-31-34-37-40-43-46-49-54-59(57-52-53-58-60,55-50-47-44-41-38-35-32-29-26-23-20-17-14-11-8-5-2)56-51-48-45-42-39-36-33-30-27-24-21-18-15-12-9-6-3/h16-21,25-30,60H,4-15,22-24,31-58H2,1-3H3/q+1/b19-16-,20-17-,21-18-,28-25-,29-26-,30-27-. The third-order valence-electron chi connectivity index (χ3n) is 12.5. The molecule has 0 fully saturated rings. The molecule has 0 unspecified atom stereocenters. The largest absolute Gasteiger partial charge is 0.396 e. The predicted octanol–water partition coefficient (Wildman–Crippen LogP) is 19.0. The molecule has 0 aromatic carbocycles. The monoisotopic (exact) mass is 835 g/mol. The van der Waals surface area contributed by atoms with Gasteiger partial charge in [0.1, 0.15) is 0 Å². The summed E-state index contributed by atoms with van der Waals surface area (Å²) in [5, 5.41) is 9.71. The van der Waals surface area contributed by atoms with Crippen molar-refractivity contribution in [3.05, 3.63) is 72.9 Å². The SMILES string of the molecule is CCCCC/C=C\C/C=C\CCCCCCCC[N+](CCCCO)(CCCCCCCC/C=C\C/C=C\CCCCC)CCCCCCCC/C=C\C/C=C\CCCCC. The van der Waals surface area contributed by atoms with Crippen LogP contribution in [0.1, 0.15) is 265 Å². The molecule has 1 N–H and O–H groups in total. The summed E-state index contributed by atoms with van der Waals surface area (Å²) in [6, 6.07) is 0. The zero-order chi connectivity index (χ0) is 43.4. The van der Waals surface area contributed by atoms with E-state index in [1.807, 2.05) is 0 Å². The van der Waals surface area contributed by atoms with Crippen molar-refractivity contribution < 1.29 is 9.59 Å². The normalized spacial score (nSPS) is 12.8. The van der Waals surface area contributed by atoms with E-state index in [0.717, 1.165) is 25.7 Å². The lowest BCUT2D eigenvalue weighted by Gasteiger charge is -2.39. The van der Waals surface area contributed by atoms with E-state index in [9.17, 15) is 5.11 Å². The summed E-state index contributed by atoms with van der Waals surface area (Å²) in [7, 11) is 0. The van der Waals surface area contributed by atoms with Crippen LogP contribution < -0.4 is 0 Å². The number of nitrogens with zero attached hydrogens (tertiary/aromatic N) is 1. The molecule has 2 heteroatoms. The average Bonchev–Trinajstić information content (AvgIpc) is 3.26. The molecule has 0 aliphatic rings. The molecule has 0 saturated carbocycles. The van der Waals surface area contributed by atoms with Gasteiger partial charge in [0.15, 0.2) is 0 Å². The minimum absolute atomic E-state index is 0.348. The summed E-state index contributed by atoms with van der Waals surface area (Å²) < 4.78 is 1.33. The van der Waals surface area contributed by atoms with Crippen molar-refractivity contribution in [2.45, 2.75) is 265 Å². The summed E-state index contributed by atoms with van der Waals surface area (Å²) in [5.41, 5.74) is 0. The molecule has 0 rings (SSSR count). The van der Waals surface area contributed by atoms with Gasteiger partial charge in [-0.05, 0) is 148 Å². The van der Waals surface area contributed by atoms with Crippen LogP contribution in [-0.2, 0) is 0 Å². The quantitative estimate of drug-likeness (QED) is 0.0368. The van der Waals surface area contributed by atoms with E-state index in [1.54, 1.807) is 0 Å². The van der Waals surface area contributed by atoms with Crippen LogP contribution in [0, 0.1) is 0 Å². The molecule has 0 radical (unpaired) electrons. The van der Waals surface area contributed by atoms with Gasteiger partial charge in [-0.25, -0.2) is 0 Å². The van der Waals surface area contributed by atoms with Gasteiger partial charge in [-0.1, -0.05) is 190 Å². The molecule has 0 aliphatic carbocycles. The molecule has 0 aliphatic heterocycles. The van der Waals surface area contributed by atoms with E-state index >= 15 is 0 Å². The fourth-order valence-corrected chi connectivity index (χ4v) is 8.54. The molecule has 2 nitrogen and oxygen atoms in total. The first-order valence-corrected chi connectivity index (χ1v) is 27.1. The Morgan fingerprint density at radius 2 is 0.467 bits per heavy atom. The second-order valence-electron chi connectivity index (χ2n) is 18.4. The lowest BCUT2D eigenvalue weighted by molar-refractivity contribution is -0.929. The number of quaternary nitrogens is 1. The molecule has 0 aromatic rings. The fraction of sp³-hybridized carbons (Fsp3) is 0.793. The van der Waals surface area contributed by atoms with Gasteiger partial charge in [0.2, 0.25) is 0 Å². The van der Waals surface area contributed by atoms with Crippen molar-refractivity contribution in [1.82, 2.24) is 0 Å². The zero-order valence-corrected chi connectivity index (χ0v) is 41.2. The van der Waals surface area contributed by atoms with Gasteiger partial charge in [-0.2, -0.15) is 0 Å². The van der Waals surface area contributed by atoms with Crippen LogP contribution in [0.5, 0.6) is 0 Å². The van der Waals surface area contributed by atoms with Gasteiger partial charge < -0.3 is 9.59 Å². The number of aliphatic hydroxyl groups is 1. The Morgan fingerprint density at radius 1 is 0.250 bits per heavy atom. The highest BCUT2D eigenvalue weighted by molar-refractivity contribution is 4.94. The number of hydrogen-bond acceptors (Lipinski definition) is 1.